The molecular weight excluding hydrogens is 278 g/mol. The lowest BCUT2D eigenvalue weighted by molar-refractivity contribution is 0.446. The second-order valence-electron chi connectivity index (χ2n) is 5.86. The number of rotatable bonds is 4. The SMILES string of the molecule is CNCc1sc(N2CCCC(C)C2)nc1-c1ccccc1. The van der Waals surface area contributed by atoms with Gasteiger partial charge in [0, 0.05) is 30.1 Å². The lowest BCUT2D eigenvalue weighted by atomic mass is 10.0. The Hall–Kier alpha value is -1.39. The maximum atomic E-state index is 4.96. The van der Waals surface area contributed by atoms with Crippen LogP contribution in [0.1, 0.15) is 24.6 Å². The van der Waals surface area contributed by atoms with Gasteiger partial charge >= 0.3 is 0 Å². The molecule has 0 saturated carbocycles. The van der Waals surface area contributed by atoms with Gasteiger partial charge in [-0.1, -0.05) is 48.6 Å². The predicted octanol–water partition coefficient (Wildman–Crippen LogP) is 3.77. The fraction of sp³-hybridized carbons (Fsp3) is 0.471. The molecule has 0 spiro atoms. The number of thiazole rings is 1. The smallest absolute Gasteiger partial charge is 0.186 e. The van der Waals surface area contributed by atoms with Crippen LogP contribution in [0.2, 0.25) is 0 Å². The molecule has 2 aromatic rings. The van der Waals surface area contributed by atoms with Gasteiger partial charge in [-0.15, -0.1) is 0 Å². The van der Waals surface area contributed by atoms with Crippen molar-refractivity contribution in [3.63, 3.8) is 0 Å². The number of piperidine rings is 1. The minimum absolute atomic E-state index is 0.774. The first kappa shape index (κ1) is 14.5. The summed E-state index contributed by atoms with van der Waals surface area (Å²) < 4.78 is 0. The largest absolute Gasteiger partial charge is 0.348 e. The molecule has 1 aliphatic rings. The van der Waals surface area contributed by atoms with Gasteiger partial charge in [-0.25, -0.2) is 4.98 Å². The Morgan fingerprint density at radius 1 is 1.33 bits per heavy atom. The van der Waals surface area contributed by atoms with Crippen LogP contribution in [0.3, 0.4) is 0 Å². The van der Waals surface area contributed by atoms with E-state index < -0.39 is 0 Å². The standard InChI is InChI=1S/C17H23N3S/c1-13-7-6-10-20(12-13)17-19-16(15(21-17)11-18-2)14-8-4-3-5-9-14/h3-5,8-9,13,18H,6-7,10-12H2,1-2H3. The minimum atomic E-state index is 0.774. The molecule has 0 amide bonds. The number of benzene rings is 1. The molecule has 1 unspecified atom stereocenters. The van der Waals surface area contributed by atoms with Crippen molar-refractivity contribution in [2.45, 2.75) is 26.3 Å². The van der Waals surface area contributed by atoms with E-state index in [0.717, 1.165) is 31.2 Å². The molecule has 1 aliphatic heterocycles. The van der Waals surface area contributed by atoms with Gasteiger partial charge in [0.2, 0.25) is 0 Å². The maximum absolute atomic E-state index is 4.96. The van der Waals surface area contributed by atoms with Crippen molar-refractivity contribution in [1.82, 2.24) is 10.3 Å². The van der Waals surface area contributed by atoms with Crippen LogP contribution in [-0.2, 0) is 6.54 Å². The van der Waals surface area contributed by atoms with Crippen LogP contribution in [0.5, 0.6) is 0 Å². The number of hydrogen-bond donors (Lipinski definition) is 1. The fourth-order valence-corrected chi connectivity index (χ4v) is 4.07. The molecule has 0 bridgehead atoms. The highest BCUT2D eigenvalue weighted by Gasteiger charge is 2.21. The highest BCUT2D eigenvalue weighted by molar-refractivity contribution is 7.16. The van der Waals surface area contributed by atoms with E-state index >= 15 is 0 Å². The average Bonchev–Trinajstić information content (AvgIpc) is 2.93. The molecule has 1 fully saturated rings. The van der Waals surface area contributed by atoms with E-state index in [4.69, 9.17) is 4.98 Å². The highest BCUT2D eigenvalue weighted by Crippen LogP contribution is 2.34. The van der Waals surface area contributed by atoms with Crippen molar-refractivity contribution < 1.29 is 0 Å². The van der Waals surface area contributed by atoms with Crippen LogP contribution in [0.25, 0.3) is 11.3 Å². The van der Waals surface area contributed by atoms with Crippen LogP contribution in [0.15, 0.2) is 30.3 Å². The van der Waals surface area contributed by atoms with Crippen molar-refractivity contribution >= 4 is 16.5 Å². The summed E-state index contributed by atoms with van der Waals surface area (Å²) in [6.45, 7) is 5.50. The van der Waals surface area contributed by atoms with Crippen molar-refractivity contribution in [3.05, 3.63) is 35.2 Å². The lowest BCUT2D eigenvalue weighted by Gasteiger charge is -2.30. The van der Waals surface area contributed by atoms with Crippen LogP contribution < -0.4 is 10.2 Å². The first-order valence-corrected chi connectivity index (χ1v) is 8.54. The summed E-state index contributed by atoms with van der Waals surface area (Å²) in [5.74, 6) is 0.774. The molecule has 2 heterocycles. The summed E-state index contributed by atoms with van der Waals surface area (Å²) in [6, 6.07) is 10.5. The van der Waals surface area contributed by atoms with E-state index in [-0.39, 0.29) is 0 Å². The zero-order valence-corrected chi connectivity index (χ0v) is 13.6. The Balaban J connectivity index is 1.92. The molecule has 112 valence electrons. The molecule has 0 aliphatic carbocycles. The van der Waals surface area contributed by atoms with E-state index in [9.17, 15) is 0 Å². The predicted molar refractivity (Wildman–Crippen MR) is 90.9 cm³/mol. The van der Waals surface area contributed by atoms with Crippen molar-refractivity contribution in [1.29, 1.82) is 0 Å². The molecule has 3 nitrogen and oxygen atoms in total. The van der Waals surface area contributed by atoms with Gasteiger partial charge in [0.25, 0.3) is 0 Å². The lowest BCUT2D eigenvalue weighted by Crippen LogP contribution is -2.34. The molecule has 1 atom stereocenters. The van der Waals surface area contributed by atoms with Crippen LogP contribution >= 0.6 is 11.3 Å². The number of anilines is 1. The zero-order chi connectivity index (χ0) is 14.7. The Morgan fingerprint density at radius 2 is 2.14 bits per heavy atom. The van der Waals surface area contributed by atoms with Crippen molar-refractivity contribution in [2.24, 2.45) is 5.92 Å². The summed E-state index contributed by atoms with van der Waals surface area (Å²) in [6.07, 6.45) is 2.62. The number of hydrogen-bond acceptors (Lipinski definition) is 4. The van der Waals surface area contributed by atoms with Gasteiger partial charge in [0.05, 0.1) is 5.69 Å². The van der Waals surface area contributed by atoms with Crippen LogP contribution in [0, 0.1) is 5.92 Å². The van der Waals surface area contributed by atoms with E-state index in [1.807, 2.05) is 18.4 Å². The van der Waals surface area contributed by atoms with E-state index in [0.29, 0.717) is 0 Å². The topological polar surface area (TPSA) is 28.2 Å². The molecule has 4 heteroatoms. The van der Waals surface area contributed by atoms with Gasteiger partial charge in [0.15, 0.2) is 5.13 Å². The summed E-state index contributed by atoms with van der Waals surface area (Å²) in [5.41, 5.74) is 2.36. The second-order valence-corrected chi connectivity index (χ2v) is 6.92. The maximum Gasteiger partial charge on any atom is 0.186 e. The molecule has 1 N–H and O–H groups in total. The number of nitrogens with one attached hydrogen (secondary N) is 1. The monoisotopic (exact) mass is 301 g/mol. The van der Waals surface area contributed by atoms with E-state index in [1.165, 1.54) is 28.4 Å². The Morgan fingerprint density at radius 3 is 2.86 bits per heavy atom. The first-order chi connectivity index (χ1) is 10.3. The second kappa shape index (κ2) is 6.58. The Bertz CT molecular complexity index is 579. The van der Waals surface area contributed by atoms with Gasteiger partial charge < -0.3 is 10.2 Å². The minimum Gasteiger partial charge on any atom is -0.348 e. The average molecular weight is 301 g/mol. The third-order valence-electron chi connectivity index (χ3n) is 4.00. The number of aromatic nitrogens is 1. The highest BCUT2D eigenvalue weighted by atomic mass is 32.1. The molecule has 1 saturated heterocycles. The van der Waals surface area contributed by atoms with Crippen molar-refractivity contribution in [2.75, 3.05) is 25.0 Å². The van der Waals surface area contributed by atoms with Gasteiger partial charge in [0.1, 0.15) is 0 Å². The molecule has 1 aromatic heterocycles. The van der Waals surface area contributed by atoms with Crippen LogP contribution in [0.4, 0.5) is 5.13 Å². The molecule has 1 aromatic carbocycles. The summed E-state index contributed by atoms with van der Waals surface area (Å²) >= 11 is 1.84. The summed E-state index contributed by atoms with van der Waals surface area (Å²) in [7, 11) is 2.00. The third kappa shape index (κ3) is 3.27. The third-order valence-corrected chi connectivity index (χ3v) is 5.11. The molecule has 21 heavy (non-hydrogen) atoms. The molecule has 3 rings (SSSR count). The van der Waals surface area contributed by atoms with Gasteiger partial charge in [-0.05, 0) is 25.8 Å². The Labute approximate surface area is 131 Å². The van der Waals surface area contributed by atoms with Crippen molar-refractivity contribution in [3.8, 4) is 11.3 Å². The van der Waals surface area contributed by atoms with Crippen LogP contribution in [-0.4, -0.2) is 25.1 Å². The summed E-state index contributed by atoms with van der Waals surface area (Å²) in [5, 5.41) is 4.46. The van der Waals surface area contributed by atoms with E-state index in [2.05, 4.69) is 47.5 Å². The molecule has 0 radical (unpaired) electrons. The normalized spacial score (nSPS) is 19.0. The van der Waals surface area contributed by atoms with Gasteiger partial charge in [-0.2, -0.15) is 0 Å². The zero-order valence-electron chi connectivity index (χ0n) is 12.8. The number of nitrogens with zero attached hydrogens (tertiary/aromatic N) is 2. The van der Waals surface area contributed by atoms with Gasteiger partial charge in [-0.3, -0.25) is 0 Å². The Kier molecular flexibility index (Phi) is 4.56. The summed E-state index contributed by atoms with van der Waals surface area (Å²) in [4.78, 5) is 8.75. The fourth-order valence-electron chi connectivity index (χ4n) is 2.94. The first-order valence-electron chi connectivity index (χ1n) is 7.72. The molecular formula is C17H23N3S. The van der Waals surface area contributed by atoms with E-state index in [1.54, 1.807) is 0 Å². The quantitative estimate of drug-likeness (QED) is 0.932.